The van der Waals surface area contributed by atoms with E-state index in [1.54, 1.807) is 6.20 Å². The van der Waals surface area contributed by atoms with Crippen molar-refractivity contribution in [2.24, 2.45) is 0 Å². The summed E-state index contributed by atoms with van der Waals surface area (Å²) < 4.78 is 13.3. The van der Waals surface area contributed by atoms with Crippen molar-refractivity contribution >= 4 is 5.91 Å². The Hall–Kier alpha value is -2.54. The molecule has 24 heavy (non-hydrogen) atoms. The van der Waals surface area contributed by atoms with Crippen LogP contribution in [0.25, 0.3) is 0 Å². The first-order valence-electron chi connectivity index (χ1n) is 8.06. The Morgan fingerprint density at radius 1 is 1.38 bits per heavy atom. The lowest BCUT2D eigenvalue weighted by molar-refractivity contribution is -0.120. The van der Waals surface area contributed by atoms with Gasteiger partial charge < -0.3 is 20.1 Å². The molecule has 1 aromatic heterocycles. The van der Waals surface area contributed by atoms with Gasteiger partial charge in [0.2, 0.25) is 5.91 Å². The Kier molecular flexibility index (Phi) is 5.32. The molecule has 0 radical (unpaired) electrons. The highest BCUT2D eigenvalue weighted by Gasteiger charge is 2.21. The quantitative estimate of drug-likeness (QED) is 0.786. The summed E-state index contributed by atoms with van der Waals surface area (Å²) in [6, 6.07) is 9.56. The van der Waals surface area contributed by atoms with Crippen molar-refractivity contribution < 1.29 is 14.3 Å². The molecule has 2 unspecified atom stereocenters. The normalized spacial score (nSPS) is 17.3. The molecule has 2 N–H and O–H groups in total. The molecule has 128 valence electrons. The third-order valence-electron chi connectivity index (χ3n) is 3.73. The summed E-state index contributed by atoms with van der Waals surface area (Å²) in [5.41, 5.74) is 0. The molecular weight excluding hydrogens is 308 g/mol. The van der Waals surface area contributed by atoms with Gasteiger partial charge in [-0.05, 0) is 25.1 Å². The highest BCUT2D eigenvalue weighted by molar-refractivity contribution is 5.78. The molecule has 3 rings (SSSR count). The number of carbonyl (C=O) groups is 1. The predicted molar refractivity (Wildman–Crippen MR) is 89.1 cm³/mol. The van der Waals surface area contributed by atoms with Crippen LogP contribution in [0.2, 0.25) is 0 Å². The second-order valence-electron chi connectivity index (χ2n) is 5.81. The molecular formula is C17H22N4O3. The van der Waals surface area contributed by atoms with Gasteiger partial charge in [0.05, 0.1) is 19.6 Å². The molecule has 1 aromatic carbocycles. The van der Waals surface area contributed by atoms with Gasteiger partial charge in [0.25, 0.3) is 0 Å². The molecule has 2 heterocycles. The molecule has 1 aliphatic rings. The Morgan fingerprint density at radius 2 is 2.21 bits per heavy atom. The summed E-state index contributed by atoms with van der Waals surface area (Å²) in [6.07, 6.45) is 3.46. The van der Waals surface area contributed by atoms with Crippen molar-refractivity contribution in [2.75, 3.05) is 19.7 Å². The van der Waals surface area contributed by atoms with E-state index in [4.69, 9.17) is 9.47 Å². The summed E-state index contributed by atoms with van der Waals surface area (Å²) in [5.74, 6) is 1.40. The molecule has 0 fully saturated rings. The number of benzene rings is 1. The van der Waals surface area contributed by atoms with E-state index >= 15 is 0 Å². The molecule has 0 saturated heterocycles. The van der Waals surface area contributed by atoms with Crippen LogP contribution in [-0.4, -0.2) is 47.5 Å². The van der Waals surface area contributed by atoms with E-state index in [0.29, 0.717) is 18.9 Å². The molecule has 1 amide bonds. The summed E-state index contributed by atoms with van der Waals surface area (Å²) >= 11 is 0. The Morgan fingerprint density at radius 3 is 3.00 bits per heavy atom. The second-order valence-corrected chi connectivity index (χ2v) is 5.81. The van der Waals surface area contributed by atoms with Crippen molar-refractivity contribution in [3.05, 3.63) is 42.7 Å². The van der Waals surface area contributed by atoms with Crippen molar-refractivity contribution in [3.8, 4) is 11.5 Å². The summed E-state index contributed by atoms with van der Waals surface area (Å²) in [6.45, 7) is 3.84. The van der Waals surface area contributed by atoms with E-state index in [-0.39, 0.29) is 24.6 Å². The van der Waals surface area contributed by atoms with E-state index in [1.807, 2.05) is 48.1 Å². The zero-order valence-electron chi connectivity index (χ0n) is 13.6. The average Bonchev–Trinajstić information content (AvgIpc) is 3.11. The van der Waals surface area contributed by atoms with Crippen molar-refractivity contribution in [3.63, 3.8) is 0 Å². The zero-order chi connectivity index (χ0) is 16.8. The van der Waals surface area contributed by atoms with Gasteiger partial charge in [-0.2, -0.15) is 5.10 Å². The Bertz CT molecular complexity index is 660. The van der Waals surface area contributed by atoms with Crippen LogP contribution >= 0.6 is 0 Å². The smallest absolute Gasteiger partial charge is 0.234 e. The molecule has 0 saturated carbocycles. The fourth-order valence-electron chi connectivity index (χ4n) is 2.47. The number of nitrogens with zero attached hydrogens (tertiary/aromatic N) is 2. The van der Waals surface area contributed by atoms with Crippen LogP contribution in [0.5, 0.6) is 11.5 Å². The second kappa shape index (κ2) is 7.83. The summed E-state index contributed by atoms with van der Waals surface area (Å²) in [4.78, 5) is 11.9. The number of aromatic nitrogens is 2. The minimum Gasteiger partial charge on any atom is -0.486 e. The molecule has 7 nitrogen and oxygen atoms in total. The molecule has 2 aromatic rings. The van der Waals surface area contributed by atoms with Crippen LogP contribution in [0.4, 0.5) is 0 Å². The third-order valence-corrected chi connectivity index (χ3v) is 3.73. The minimum absolute atomic E-state index is 0.0650. The molecule has 1 aliphatic heterocycles. The maximum absolute atomic E-state index is 11.9. The van der Waals surface area contributed by atoms with Crippen LogP contribution in [0.3, 0.4) is 0 Å². The van der Waals surface area contributed by atoms with E-state index in [0.717, 1.165) is 12.3 Å². The molecule has 0 bridgehead atoms. The first kappa shape index (κ1) is 16.3. The first-order chi connectivity index (χ1) is 11.7. The van der Waals surface area contributed by atoms with Gasteiger partial charge >= 0.3 is 0 Å². The number of hydrogen-bond donors (Lipinski definition) is 2. The minimum atomic E-state index is -0.176. The number of carbonyl (C=O) groups excluding carboxylic acids is 1. The van der Waals surface area contributed by atoms with Crippen LogP contribution in [0, 0.1) is 0 Å². The highest BCUT2D eigenvalue weighted by atomic mass is 16.6. The fourth-order valence-corrected chi connectivity index (χ4v) is 2.47. The first-order valence-corrected chi connectivity index (χ1v) is 8.06. The van der Waals surface area contributed by atoms with Crippen LogP contribution in [0.1, 0.15) is 6.92 Å². The predicted octanol–water partition coefficient (Wildman–Crippen LogP) is 0.817. The molecule has 0 aliphatic carbocycles. The lowest BCUT2D eigenvalue weighted by Crippen LogP contribution is -2.45. The van der Waals surface area contributed by atoms with Crippen molar-refractivity contribution in [1.82, 2.24) is 20.4 Å². The van der Waals surface area contributed by atoms with Gasteiger partial charge in [-0.15, -0.1) is 0 Å². The SMILES string of the molecule is CC(Cn1cccn1)NCC(=O)NCC1COc2ccccc2O1. The monoisotopic (exact) mass is 330 g/mol. The van der Waals surface area contributed by atoms with Crippen LogP contribution in [0.15, 0.2) is 42.7 Å². The Labute approximate surface area is 140 Å². The number of nitrogens with one attached hydrogen (secondary N) is 2. The van der Waals surface area contributed by atoms with E-state index < -0.39 is 0 Å². The number of amides is 1. The Balaban J connectivity index is 1.35. The number of rotatable bonds is 7. The lowest BCUT2D eigenvalue weighted by atomic mass is 10.2. The van der Waals surface area contributed by atoms with E-state index in [2.05, 4.69) is 15.7 Å². The topological polar surface area (TPSA) is 77.4 Å². The highest BCUT2D eigenvalue weighted by Crippen LogP contribution is 2.30. The average molecular weight is 330 g/mol. The van der Waals surface area contributed by atoms with Gasteiger partial charge in [-0.1, -0.05) is 12.1 Å². The maximum atomic E-state index is 11.9. The summed E-state index contributed by atoms with van der Waals surface area (Å²) in [5, 5.41) is 10.2. The lowest BCUT2D eigenvalue weighted by Gasteiger charge is -2.26. The number of ether oxygens (including phenoxy) is 2. The van der Waals surface area contributed by atoms with Crippen LogP contribution in [-0.2, 0) is 11.3 Å². The zero-order valence-corrected chi connectivity index (χ0v) is 13.6. The van der Waals surface area contributed by atoms with E-state index in [1.165, 1.54) is 0 Å². The fraction of sp³-hybridized carbons (Fsp3) is 0.412. The van der Waals surface area contributed by atoms with Gasteiger partial charge in [-0.25, -0.2) is 0 Å². The molecule has 0 spiro atoms. The maximum Gasteiger partial charge on any atom is 0.234 e. The molecule has 2 atom stereocenters. The van der Waals surface area contributed by atoms with Crippen LogP contribution < -0.4 is 20.1 Å². The number of hydrogen-bond acceptors (Lipinski definition) is 5. The van der Waals surface area contributed by atoms with Crippen molar-refractivity contribution in [1.29, 1.82) is 0 Å². The number of fused-ring (bicyclic) bond motifs is 1. The molecule has 7 heteroatoms. The van der Waals surface area contributed by atoms with Gasteiger partial charge in [0.1, 0.15) is 12.7 Å². The standard InChI is InChI=1S/C17H22N4O3/c1-13(11-21-8-4-7-20-21)18-10-17(22)19-9-14-12-23-15-5-2-3-6-16(15)24-14/h2-8,13-14,18H,9-12H2,1H3,(H,19,22). The van der Waals surface area contributed by atoms with Gasteiger partial charge in [-0.3, -0.25) is 9.48 Å². The number of para-hydroxylation sites is 2. The van der Waals surface area contributed by atoms with E-state index in [9.17, 15) is 4.79 Å². The largest absolute Gasteiger partial charge is 0.486 e. The third kappa shape index (κ3) is 4.48. The summed E-state index contributed by atoms with van der Waals surface area (Å²) in [7, 11) is 0. The van der Waals surface area contributed by atoms with Crippen molar-refractivity contribution in [2.45, 2.75) is 25.6 Å². The van der Waals surface area contributed by atoms with Gasteiger partial charge in [0.15, 0.2) is 11.5 Å². The van der Waals surface area contributed by atoms with Gasteiger partial charge in [0, 0.05) is 18.4 Å².